The van der Waals surface area contributed by atoms with Crippen molar-refractivity contribution >= 4 is 18.3 Å². The Kier molecular flexibility index (Phi) is 4.54. The minimum Gasteiger partial charge on any atom is -0.462 e. The van der Waals surface area contributed by atoms with Crippen molar-refractivity contribution in [3.63, 3.8) is 0 Å². The number of aliphatic hydroxyl groups is 3. The van der Waals surface area contributed by atoms with Gasteiger partial charge in [0.15, 0.2) is 0 Å². The molecule has 1 aliphatic rings. The molecule has 7 heteroatoms. The fraction of sp³-hybridized carbons (Fsp3) is 0.500. The van der Waals surface area contributed by atoms with Crippen LogP contribution in [0.4, 0.5) is 5.69 Å². The van der Waals surface area contributed by atoms with Gasteiger partial charge in [-0.15, -0.1) is 0 Å². The molecule has 1 saturated heterocycles. The largest absolute Gasteiger partial charge is 0.462 e. The van der Waals surface area contributed by atoms with Crippen LogP contribution in [0.3, 0.4) is 0 Å². The molecule has 0 spiro atoms. The van der Waals surface area contributed by atoms with E-state index in [2.05, 4.69) is 12.6 Å². The first kappa shape index (κ1) is 14.4. The van der Waals surface area contributed by atoms with Gasteiger partial charge < -0.3 is 30.5 Å². The summed E-state index contributed by atoms with van der Waals surface area (Å²) in [7, 11) is 0. The Morgan fingerprint density at radius 3 is 2.42 bits per heavy atom. The molecule has 1 aromatic rings. The second-order valence-corrected chi connectivity index (χ2v) is 4.98. The molecule has 5 atom stereocenters. The third kappa shape index (κ3) is 3.13. The van der Waals surface area contributed by atoms with Crippen LogP contribution in [0.1, 0.15) is 0 Å². The van der Waals surface area contributed by atoms with Crippen molar-refractivity contribution in [2.45, 2.75) is 29.9 Å². The highest BCUT2D eigenvalue weighted by atomic mass is 32.1. The average molecular weight is 287 g/mol. The third-order valence-corrected chi connectivity index (χ3v) is 3.62. The van der Waals surface area contributed by atoms with Crippen LogP contribution in [0.5, 0.6) is 5.75 Å². The number of rotatable bonds is 3. The van der Waals surface area contributed by atoms with Crippen molar-refractivity contribution in [3.8, 4) is 5.75 Å². The lowest BCUT2D eigenvalue weighted by atomic mass is 10.0. The number of hydrogen-bond donors (Lipinski definition) is 5. The monoisotopic (exact) mass is 287 g/mol. The standard InChI is InChI=1S/C12H17NO5S/c13-6-1-3-7(4-2-6)17-12-10(16)9(15)11(19)8(5-14)18-12/h1-4,8-12,14-16,19H,5,13H2/t8-,9-,10-,11+,12+/m1/s1. The van der Waals surface area contributed by atoms with Gasteiger partial charge in [-0.3, -0.25) is 0 Å². The van der Waals surface area contributed by atoms with Gasteiger partial charge in [0.05, 0.1) is 18.0 Å². The first-order valence-corrected chi connectivity index (χ1v) is 6.37. The van der Waals surface area contributed by atoms with Crippen molar-refractivity contribution in [2.75, 3.05) is 12.3 Å². The van der Waals surface area contributed by atoms with Crippen molar-refractivity contribution in [1.29, 1.82) is 0 Å². The van der Waals surface area contributed by atoms with Gasteiger partial charge in [0, 0.05) is 5.69 Å². The molecular weight excluding hydrogens is 270 g/mol. The summed E-state index contributed by atoms with van der Waals surface area (Å²) in [4.78, 5) is 0. The summed E-state index contributed by atoms with van der Waals surface area (Å²) in [5.74, 6) is 0.444. The Morgan fingerprint density at radius 1 is 1.21 bits per heavy atom. The van der Waals surface area contributed by atoms with E-state index in [-0.39, 0.29) is 6.61 Å². The fourth-order valence-corrected chi connectivity index (χ4v) is 2.19. The highest BCUT2D eigenvalue weighted by Crippen LogP contribution is 2.27. The zero-order valence-corrected chi connectivity index (χ0v) is 11.0. The Hall–Kier alpha value is -0.990. The van der Waals surface area contributed by atoms with Gasteiger partial charge in [0.25, 0.3) is 0 Å². The number of nitrogen functional groups attached to an aromatic ring is 1. The van der Waals surface area contributed by atoms with E-state index in [0.717, 1.165) is 0 Å². The summed E-state index contributed by atoms with van der Waals surface area (Å²) in [6.45, 7) is -0.320. The topological polar surface area (TPSA) is 105 Å². The maximum absolute atomic E-state index is 9.88. The summed E-state index contributed by atoms with van der Waals surface area (Å²) in [6, 6.07) is 6.54. The number of anilines is 1. The van der Waals surface area contributed by atoms with Gasteiger partial charge in [-0.05, 0) is 24.3 Å². The van der Waals surface area contributed by atoms with Crippen LogP contribution < -0.4 is 10.5 Å². The number of thiol groups is 1. The molecule has 1 aliphatic heterocycles. The third-order valence-electron chi connectivity index (χ3n) is 2.98. The summed E-state index contributed by atoms with van der Waals surface area (Å²) in [5.41, 5.74) is 6.14. The van der Waals surface area contributed by atoms with Gasteiger partial charge in [0.2, 0.25) is 6.29 Å². The zero-order chi connectivity index (χ0) is 14.0. The maximum Gasteiger partial charge on any atom is 0.229 e. The van der Waals surface area contributed by atoms with Crippen LogP contribution in [0, 0.1) is 0 Å². The van der Waals surface area contributed by atoms with Crippen LogP contribution in [0.15, 0.2) is 24.3 Å². The molecule has 0 bridgehead atoms. The summed E-state index contributed by atoms with van der Waals surface area (Å²) < 4.78 is 10.8. The molecule has 1 fully saturated rings. The van der Waals surface area contributed by atoms with Crippen LogP contribution in [0.2, 0.25) is 0 Å². The molecular formula is C12H17NO5S. The van der Waals surface area contributed by atoms with E-state index in [1.807, 2.05) is 0 Å². The van der Waals surface area contributed by atoms with E-state index in [4.69, 9.17) is 20.3 Å². The van der Waals surface area contributed by atoms with Crippen molar-refractivity contribution in [3.05, 3.63) is 24.3 Å². The van der Waals surface area contributed by atoms with E-state index in [0.29, 0.717) is 11.4 Å². The molecule has 0 aliphatic carbocycles. The van der Waals surface area contributed by atoms with Crippen LogP contribution in [-0.2, 0) is 4.74 Å². The molecule has 1 aromatic carbocycles. The number of aliphatic hydroxyl groups excluding tert-OH is 3. The van der Waals surface area contributed by atoms with E-state index >= 15 is 0 Å². The molecule has 2 rings (SSSR count). The van der Waals surface area contributed by atoms with E-state index < -0.39 is 29.9 Å². The lowest BCUT2D eigenvalue weighted by molar-refractivity contribution is -0.237. The van der Waals surface area contributed by atoms with E-state index in [1.165, 1.54) is 0 Å². The molecule has 0 unspecified atom stereocenters. The Labute approximate surface area is 116 Å². The van der Waals surface area contributed by atoms with Gasteiger partial charge in [-0.2, -0.15) is 12.6 Å². The molecule has 1 heterocycles. The SMILES string of the molecule is Nc1ccc(O[C@H]2O[C@H](CO)[C@H](S)[C@H](O)[C@H]2O)cc1. The summed E-state index contributed by atoms with van der Waals surface area (Å²) in [6.07, 6.45) is -4.17. The highest BCUT2D eigenvalue weighted by molar-refractivity contribution is 7.81. The molecule has 19 heavy (non-hydrogen) atoms. The lowest BCUT2D eigenvalue weighted by Crippen LogP contribution is -2.58. The van der Waals surface area contributed by atoms with E-state index in [9.17, 15) is 10.2 Å². The van der Waals surface area contributed by atoms with Crippen molar-refractivity contribution in [2.24, 2.45) is 0 Å². The molecule has 5 N–H and O–H groups in total. The molecule has 0 radical (unpaired) electrons. The highest BCUT2D eigenvalue weighted by Gasteiger charge is 2.43. The van der Waals surface area contributed by atoms with Gasteiger partial charge in [-0.1, -0.05) is 0 Å². The van der Waals surface area contributed by atoms with Crippen LogP contribution in [-0.4, -0.2) is 51.8 Å². The maximum atomic E-state index is 9.88. The average Bonchev–Trinajstić information content (AvgIpc) is 2.42. The summed E-state index contributed by atoms with van der Waals surface area (Å²) in [5, 5.41) is 28.2. The molecule has 0 saturated carbocycles. The number of hydrogen-bond acceptors (Lipinski definition) is 7. The first-order chi connectivity index (χ1) is 9.02. The second kappa shape index (κ2) is 5.98. The predicted molar refractivity (Wildman–Crippen MR) is 72.0 cm³/mol. The minimum absolute atomic E-state index is 0.320. The molecule has 0 amide bonds. The minimum atomic E-state index is -1.25. The predicted octanol–water partition coefficient (Wildman–Crippen LogP) is -0.615. The quantitative estimate of drug-likeness (QED) is 0.375. The van der Waals surface area contributed by atoms with Gasteiger partial charge >= 0.3 is 0 Å². The molecule has 6 nitrogen and oxygen atoms in total. The molecule has 106 valence electrons. The Balaban J connectivity index is 2.08. The number of nitrogens with two attached hydrogens (primary N) is 1. The van der Waals surface area contributed by atoms with E-state index in [1.54, 1.807) is 24.3 Å². The zero-order valence-electron chi connectivity index (χ0n) is 10.1. The van der Waals surface area contributed by atoms with Gasteiger partial charge in [-0.25, -0.2) is 0 Å². The Morgan fingerprint density at radius 2 is 1.84 bits per heavy atom. The van der Waals surface area contributed by atoms with Crippen LogP contribution >= 0.6 is 12.6 Å². The first-order valence-electron chi connectivity index (χ1n) is 5.85. The van der Waals surface area contributed by atoms with Crippen molar-refractivity contribution < 1.29 is 24.8 Å². The summed E-state index contributed by atoms with van der Waals surface area (Å²) >= 11 is 4.10. The van der Waals surface area contributed by atoms with Crippen LogP contribution in [0.25, 0.3) is 0 Å². The Bertz CT molecular complexity index is 413. The van der Waals surface area contributed by atoms with Crippen molar-refractivity contribution in [1.82, 2.24) is 0 Å². The number of ether oxygens (including phenoxy) is 2. The van der Waals surface area contributed by atoms with Gasteiger partial charge in [0.1, 0.15) is 18.0 Å². The smallest absolute Gasteiger partial charge is 0.229 e. The normalized spacial score (nSPS) is 35.1. The fourth-order valence-electron chi connectivity index (χ4n) is 1.85. The number of benzene rings is 1. The molecule has 0 aromatic heterocycles. The second-order valence-electron chi connectivity index (χ2n) is 4.38. The lowest BCUT2D eigenvalue weighted by Gasteiger charge is -2.40.